The molecule has 0 aromatic carbocycles. The summed E-state index contributed by atoms with van der Waals surface area (Å²) in [5.41, 5.74) is 5.28. The first-order chi connectivity index (χ1) is 3.80. The monoisotopic (exact) mass is 155 g/mol. The van der Waals surface area contributed by atoms with Gasteiger partial charge < -0.3 is 10.5 Å². The number of nitrogens with two attached hydrogens (primary N) is 1. The Hall–Kier alpha value is 0.140. The van der Waals surface area contributed by atoms with Crippen LogP contribution in [0.2, 0.25) is 0 Å². The van der Waals surface area contributed by atoms with Gasteiger partial charge in [0.1, 0.15) is 0 Å². The zero-order chi connectivity index (χ0) is 5.98. The van der Waals surface area contributed by atoms with Crippen molar-refractivity contribution < 1.29 is 9.13 Å². The van der Waals surface area contributed by atoms with Gasteiger partial charge in [-0.25, -0.2) is 4.39 Å². The first-order valence-electron chi connectivity index (χ1n) is 2.82. The molecular weight excluding hydrogens is 145 g/mol. The Morgan fingerprint density at radius 1 is 1.56 bits per heavy atom. The molecule has 0 spiro atoms. The Bertz CT molecular complexity index is 73.4. The van der Waals surface area contributed by atoms with Crippen LogP contribution in [0.15, 0.2) is 0 Å². The highest BCUT2D eigenvalue weighted by molar-refractivity contribution is 5.85. The second-order valence-electron chi connectivity index (χ2n) is 2.03. The lowest BCUT2D eigenvalue weighted by molar-refractivity contribution is -0.0806. The Kier molecular flexibility index (Phi) is 4.10. The van der Waals surface area contributed by atoms with Crippen LogP contribution in [0.25, 0.3) is 0 Å². The van der Waals surface area contributed by atoms with Crippen molar-refractivity contribution in [2.75, 3.05) is 6.61 Å². The third-order valence-electron chi connectivity index (χ3n) is 1.30. The van der Waals surface area contributed by atoms with Crippen molar-refractivity contribution >= 4 is 12.4 Å². The molecule has 2 unspecified atom stereocenters. The van der Waals surface area contributed by atoms with Gasteiger partial charge in [0.15, 0.2) is 0 Å². The van der Waals surface area contributed by atoms with Gasteiger partial charge in [0.25, 0.3) is 0 Å². The fourth-order valence-corrected chi connectivity index (χ4v) is 0.770. The molecule has 0 aromatic heterocycles. The Morgan fingerprint density at radius 3 is 2.56 bits per heavy atom. The molecule has 0 radical (unpaired) electrons. The van der Waals surface area contributed by atoms with Crippen LogP contribution in [0.4, 0.5) is 4.39 Å². The van der Waals surface area contributed by atoms with Crippen LogP contribution >= 0.6 is 12.4 Å². The molecule has 0 saturated carbocycles. The SMILES string of the molecule is Cl.NC1CCCOC1F. The molecule has 56 valence electrons. The average Bonchev–Trinajstić information content (AvgIpc) is 1.77. The molecular formula is C5H11ClFNO. The topological polar surface area (TPSA) is 35.2 Å². The van der Waals surface area contributed by atoms with E-state index in [0.29, 0.717) is 6.61 Å². The van der Waals surface area contributed by atoms with Gasteiger partial charge >= 0.3 is 0 Å². The number of alkyl halides is 1. The van der Waals surface area contributed by atoms with Gasteiger partial charge in [-0.3, -0.25) is 0 Å². The fourth-order valence-electron chi connectivity index (χ4n) is 0.770. The largest absolute Gasteiger partial charge is 0.347 e. The van der Waals surface area contributed by atoms with E-state index >= 15 is 0 Å². The van der Waals surface area contributed by atoms with E-state index in [1.54, 1.807) is 0 Å². The molecule has 0 aromatic rings. The molecule has 1 heterocycles. The zero-order valence-electron chi connectivity index (χ0n) is 5.05. The van der Waals surface area contributed by atoms with E-state index in [4.69, 9.17) is 5.73 Å². The van der Waals surface area contributed by atoms with Gasteiger partial charge in [-0.2, -0.15) is 0 Å². The lowest BCUT2D eigenvalue weighted by atomic mass is 10.1. The maximum Gasteiger partial charge on any atom is 0.214 e. The third-order valence-corrected chi connectivity index (χ3v) is 1.30. The van der Waals surface area contributed by atoms with E-state index in [9.17, 15) is 4.39 Å². The highest BCUT2D eigenvalue weighted by atomic mass is 35.5. The Balaban J connectivity index is 0.000000640. The predicted octanol–water partition coefficient (Wildman–Crippen LogP) is 0.842. The van der Waals surface area contributed by atoms with Crippen LogP contribution in [0.5, 0.6) is 0 Å². The molecule has 0 aliphatic carbocycles. The fraction of sp³-hybridized carbons (Fsp3) is 1.00. The normalized spacial score (nSPS) is 35.3. The molecule has 1 aliphatic heterocycles. The van der Waals surface area contributed by atoms with E-state index < -0.39 is 6.36 Å². The van der Waals surface area contributed by atoms with Crippen molar-refractivity contribution in [3.8, 4) is 0 Å². The minimum Gasteiger partial charge on any atom is -0.347 e. The van der Waals surface area contributed by atoms with Crippen LogP contribution in [0.3, 0.4) is 0 Å². The van der Waals surface area contributed by atoms with Gasteiger partial charge in [0.2, 0.25) is 6.36 Å². The maximum atomic E-state index is 12.2. The summed E-state index contributed by atoms with van der Waals surface area (Å²) in [6, 6.07) is -0.385. The van der Waals surface area contributed by atoms with Gasteiger partial charge in [-0.1, -0.05) is 0 Å². The van der Waals surface area contributed by atoms with E-state index in [1.807, 2.05) is 0 Å². The summed E-state index contributed by atoms with van der Waals surface area (Å²) in [5.74, 6) is 0. The van der Waals surface area contributed by atoms with Crippen LogP contribution < -0.4 is 5.73 Å². The summed E-state index contributed by atoms with van der Waals surface area (Å²) >= 11 is 0. The lowest BCUT2D eigenvalue weighted by Crippen LogP contribution is -2.37. The summed E-state index contributed by atoms with van der Waals surface area (Å²) in [6.07, 6.45) is 0.423. The molecule has 2 atom stereocenters. The first kappa shape index (κ1) is 9.14. The number of halogens is 2. The summed E-state index contributed by atoms with van der Waals surface area (Å²) in [6.45, 7) is 0.523. The van der Waals surface area contributed by atoms with Crippen LogP contribution in [-0.4, -0.2) is 19.0 Å². The number of rotatable bonds is 0. The second kappa shape index (κ2) is 4.04. The molecule has 9 heavy (non-hydrogen) atoms. The summed E-state index contributed by atoms with van der Waals surface area (Å²) < 4.78 is 16.8. The third kappa shape index (κ3) is 2.47. The van der Waals surface area contributed by atoms with E-state index in [-0.39, 0.29) is 18.4 Å². The molecule has 1 fully saturated rings. The van der Waals surface area contributed by atoms with Crippen molar-refractivity contribution in [1.82, 2.24) is 0 Å². The van der Waals surface area contributed by atoms with E-state index in [0.717, 1.165) is 12.8 Å². The van der Waals surface area contributed by atoms with Crippen LogP contribution in [-0.2, 0) is 4.74 Å². The minimum atomic E-state index is -1.22. The summed E-state index contributed by atoms with van der Waals surface area (Å²) in [5, 5.41) is 0. The number of hydrogen-bond donors (Lipinski definition) is 1. The Labute approximate surface area is 60.0 Å². The smallest absolute Gasteiger partial charge is 0.214 e. The standard InChI is InChI=1S/C5H10FNO.ClH/c6-5-4(7)2-1-3-8-5;/h4-5H,1-3,7H2;1H. The number of hydrogen-bond acceptors (Lipinski definition) is 2. The maximum absolute atomic E-state index is 12.2. The zero-order valence-corrected chi connectivity index (χ0v) is 5.86. The molecule has 1 rings (SSSR count). The van der Waals surface area contributed by atoms with Crippen molar-refractivity contribution in [3.63, 3.8) is 0 Å². The summed E-state index contributed by atoms with van der Waals surface area (Å²) in [4.78, 5) is 0. The van der Waals surface area contributed by atoms with Crippen molar-refractivity contribution in [3.05, 3.63) is 0 Å². The Morgan fingerprint density at radius 2 is 2.22 bits per heavy atom. The van der Waals surface area contributed by atoms with Gasteiger partial charge in [-0.05, 0) is 12.8 Å². The molecule has 1 aliphatic rings. The first-order valence-corrected chi connectivity index (χ1v) is 2.82. The molecule has 1 saturated heterocycles. The van der Waals surface area contributed by atoms with Gasteiger partial charge in [0, 0.05) is 0 Å². The van der Waals surface area contributed by atoms with Crippen molar-refractivity contribution in [2.24, 2.45) is 5.73 Å². The van der Waals surface area contributed by atoms with E-state index in [1.165, 1.54) is 0 Å². The predicted molar refractivity (Wildman–Crippen MR) is 35.3 cm³/mol. The van der Waals surface area contributed by atoms with Crippen LogP contribution in [0, 0.1) is 0 Å². The average molecular weight is 156 g/mol. The van der Waals surface area contributed by atoms with Crippen molar-refractivity contribution in [1.29, 1.82) is 0 Å². The minimum absolute atomic E-state index is 0. The molecule has 0 amide bonds. The highest BCUT2D eigenvalue weighted by Gasteiger charge is 2.20. The summed E-state index contributed by atoms with van der Waals surface area (Å²) in [7, 11) is 0. The van der Waals surface area contributed by atoms with E-state index in [2.05, 4.69) is 4.74 Å². The lowest BCUT2D eigenvalue weighted by Gasteiger charge is -2.21. The van der Waals surface area contributed by atoms with Gasteiger partial charge in [-0.15, -0.1) is 12.4 Å². The second-order valence-corrected chi connectivity index (χ2v) is 2.03. The quantitative estimate of drug-likeness (QED) is 0.563. The van der Waals surface area contributed by atoms with Gasteiger partial charge in [0.05, 0.1) is 12.6 Å². The highest BCUT2D eigenvalue weighted by Crippen LogP contribution is 2.11. The molecule has 0 bridgehead atoms. The molecule has 2 N–H and O–H groups in total. The van der Waals surface area contributed by atoms with Crippen LogP contribution in [0.1, 0.15) is 12.8 Å². The number of ether oxygens (including phenoxy) is 1. The molecule has 2 nitrogen and oxygen atoms in total. The van der Waals surface area contributed by atoms with Crippen molar-refractivity contribution in [2.45, 2.75) is 25.2 Å². The molecule has 4 heteroatoms.